The van der Waals surface area contributed by atoms with E-state index in [9.17, 15) is 9.59 Å². The first-order valence-corrected chi connectivity index (χ1v) is 9.45. The second kappa shape index (κ2) is 9.38. The Balaban J connectivity index is 1.38. The van der Waals surface area contributed by atoms with E-state index in [0.717, 1.165) is 4.90 Å². The summed E-state index contributed by atoms with van der Waals surface area (Å²) in [6, 6.07) is 12.3. The summed E-state index contributed by atoms with van der Waals surface area (Å²) >= 11 is 7.25. The molecule has 0 saturated heterocycles. The summed E-state index contributed by atoms with van der Waals surface area (Å²) in [6.07, 6.45) is 0. The molecule has 0 aliphatic carbocycles. The lowest BCUT2D eigenvalue weighted by Crippen LogP contribution is -2.44. The lowest BCUT2D eigenvalue weighted by Gasteiger charge is -2.18. The van der Waals surface area contributed by atoms with Crippen LogP contribution in [0.1, 0.15) is 0 Å². The van der Waals surface area contributed by atoms with Crippen LogP contribution in [0.2, 0.25) is 5.02 Å². The number of fused-ring (bicyclic) bond motifs is 1. The Morgan fingerprint density at radius 3 is 2.59 bits per heavy atom. The van der Waals surface area contributed by atoms with Crippen molar-refractivity contribution in [3.8, 4) is 17.2 Å². The smallest absolute Gasteiger partial charge is 0.276 e. The Hall–Kier alpha value is -2.58. The van der Waals surface area contributed by atoms with Gasteiger partial charge in [-0.15, -0.1) is 11.8 Å². The average molecular weight is 409 g/mol. The number of benzene rings is 2. The van der Waals surface area contributed by atoms with E-state index >= 15 is 0 Å². The van der Waals surface area contributed by atoms with E-state index in [2.05, 4.69) is 10.9 Å². The van der Waals surface area contributed by atoms with Crippen molar-refractivity contribution in [2.45, 2.75) is 4.90 Å². The van der Waals surface area contributed by atoms with Gasteiger partial charge in [0.1, 0.15) is 19.0 Å². The number of carbonyl (C=O) groups is 2. The van der Waals surface area contributed by atoms with Crippen LogP contribution in [0.5, 0.6) is 17.2 Å². The Bertz CT molecular complexity index is 833. The van der Waals surface area contributed by atoms with Crippen LogP contribution in [0.4, 0.5) is 0 Å². The molecule has 27 heavy (non-hydrogen) atoms. The molecule has 0 saturated carbocycles. The van der Waals surface area contributed by atoms with Crippen LogP contribution in [-0.2, 0) is 9.59 Å². The summed E-state index contributed by atoms with van der Waals surface area (Å²) in [5.74, 6) is 1.05. The maximum Gasteiger partial charge on any atom is 0.276 e. The molecule has 0 radical (unpaired) electrons. The lowest BCUT2D eigenvalue weighted by atomic mass is 10.3. The Morgan fingerprint density at radius 1 is 1.04 bits per heavy atom. The van der Waals surface area contributed by atoms with E-state index in [4.69, 9.17) is 25.8 Å². The van der Waals surface area contributed by atoms with Gasteiger partial charge in [0, 0.05) is 4.90 Å². The summed E-state index contributed by atoms with van der Waals surface area (Å²) in [5.41, 5.74) is 4.63. The average Bonchev–Trinajstić information content (AvgIpc) is 2.70. The molecule has 3 rings (SSSR count). The van der Waals surface area contributed by atoms with Crippen molar-refractivity contribution < 1.29 is 23.8 Å². The predicted octanol–water partition coefficient (Wildman–Crippen LogP) is 2.43. The van der Waals surface area contributed by atoms with E-state index in [1.165, 1.54) is 11.8 Å². The van der Waals surface area contributed by atoms with Crippen LogP contribution in [-0.4, -0.2) is 37.4 Å². The first kappa shape index (κ1) is 19.2. The van der Waals surface area contributed by atoms with Crippen LogP contribution in [0.25, 0.3) is 0 Å². The topological polar surface area (TPSA) is 85.9 Å². The standard InChI is InChI=1S/C18H17ClN2O5S/c19-13-3-1-2-4-14(13)26-10-17(22)20-21-18(23)11-27-12-5-6-15-16(9-12)25-8-7-24-15/h1-6,9H,7-8,10-11H2,(H,20,22)(H,21,23). The van der Waals surface area contributed by atoms with Gasteiger partial charge in [-0.2, -0.15) is 0 Å². The molecule has 9 heteroatoms. The zero-order chi connectivity index (χ0) is 19.1. The number of para-hydroxylation sites is 1. The van der Waals surface area contributed by atoms with Crippen molar-refractivity contribution in [1.29, 1.82) is 0 Å². The molecule has 142 valence electrons. The highest BCUT2D eigenvalue weighted by molar-refractivity contribution is 8.00. The number of rotatable bonds is 6. The van der Waals surface area contributed by atoms with Gasteiger partial charge < -0.3 is 14.2 Å². The molecule has 0 atom stereocenters. The van der Waals surface area contributed by atoms with Gasteiger partial charge >= 0.3 is 0 Å². The van der Waals surface area contributed by atoms with E-state index < -0.39 is 5.91 Å². The highest BCUT2D eigenvalue weighted by Crippen LogP contribution is 2.34. The molecule has 1 aliphatic rings. The minimum atomic E-state index is -0.493. The Morgan fingerprint density at radius 2 is 1.78 bits per heavy atom. The first-order chi connectivity index (χ1) is 13.1. The molecule has 0 unspecified atom stereocenters. The highest BCUT2D eigenvalue weighted by atomic mass is 35.5. The van der Waals surface area contributed by atoms with Crippen LogP contribution >= 0.6 is 23.4 Å². The largest absolute Gasteiger partial charge is 0.486 e. The van der Waals surface area contributed by atoms with E-state index in [-0.39, 0.29) is 18.3 Å². The van der Waals surface area contributed by atoms with E-state index in [1.807, 2.05) is 18.2 Å². The third kappa shape index (κ3) is 5.70. The third-order valence-corrected chi connectivity index (χ3v) is 4.73. The van der Waals surface area contributed by atoms with E-state index in [1.54, 1.807) is 24.3 Å². The van der Waals surface area contributed by atoms with Gasteiger partial charge in [-0.05, 0) is 30.3 Å². The molecule has 2 aromatic carbocycles. The molecule has 2 N–H and O–H groups in total. The van der Waals surface area contributed by atoms with Crippen LogP contribution in [0.3, 0.4) is 0 Å². The first-order valence-electron chi connectivity index (χ1n) is 8.09. The Labute approximate surface area is 165 Å². The second-order valence-electron chi connectivity index (χ2n) is 5.41. The third-order valence-electron chi connectivity index (χ3n) is 3.42. The summed E-state index contributed by atoms with van der Waals surface area (Å²) < 4.78 is 16.2. The van der Waals surface area contributed by atoms with Gasteiger partial charge in [-0.3, -0.25) is 20.4 Å². The maximum atomic E-state index is 11.9. The minimum absolute atomic E-state index is 0.130. The molecule has 0 spiro atoms. The number of thioether (sulfide) groups is 1. The number of hydrogen-bond donors (Lipinski definition) is 2. The molecule has 1 aliphatic heterocycles. The molecular formula is C18H17ClN2O5S. The van der Waals surface area contributed by atoms with Crippen molar-refractivity contribution in [2.24, 2.45) is 0 Å². The number of hydrogen-bond acceptors (Lipinski definition) is 6. The fraction of sp³-hybridized carbons (Fsp3) is 0.222. The molecule has 1 heterocycles. The number of hydrazine groups is 1. The van der Waals surface area contributed by atoms with Crippen molar-refractivity contribution in [2.75, 3.05) is 25.6 Å². The van der Waals surface area contributed by atoms with Gasteiger partial charge in [-0.25, -0.2) is 0 Å². The van der Waals surface area contributed by atoms with Gasteiger partial charge in [0.05, 0.1) is 10.8 Å². The molecule has 2 aromatic rings. The molecular weight excluding hydrogens is 392 g/mol. The zero-order valence-corrected chi connectivity index (χ0v) is 15.8. The van der Waals surface area contributed by atoms with E-state index in [0.29, 0.717) is 35.5 Å². The number of ether oxygens (including phenoxy) is 3. The molecule has 2 amide bonds. The summed E-state index contributed by atoms with van der Waals surface area (Å²) in [7, 11) is 0. The maximum absolute atomic E-state index is 11.9. The number of amides is 2. The van der Waals surface area contributed by atoms with Gasteiger partial charge in [0.15, 0.2) is 18.1 Å². The molecule has 7 nitrogen and oxygen atoms in total. The van der Waals surface area contributed by atoms with Crippen molar-refractivity contribution in [3.05, 3.63) is 47.5 Å². The monoisotopic (exact) mass is 408 g/mol. The van der Waals surface area contributed by atoms with Crippen molar-refractivity contribution >= 4 is 35.2 Å². The van der Waals surface area contributed by atoms with Gasteiger partial charge in [0.2, 0.25) is 5.91 Å². The van der Waals surface area contributed by atoms with Crippen molar-refractivity contribution in [1.82, 2.24) is 10.9 Å². The van der Waals surface area contributed by atoms with Crippen LogP contribution in [0.15, 0.2) is 47.4 Å². The second-order valence-corrected chi connectivity index (χ2v) is 6.87. The quantitative estimate of drug-likeness (QED) is 0.564. The van der Waals surface area contributed by atoms with Crippen LogP contribution in [0, 0.1) is 0 Å². The SMILES string of the molecule is O=C(COc1ccccc1Cl)NNC(=O)CSc1ccc2c(c1)OCCO2. The summed E-state index contributed by atoms with van der Waals surface area (Å²) in [6.45, 7) is 0.769. The number of nitrogens with one attached hydrogen (secondary N) is 2. The lowest BCUT2D eigenvalue weighted by molar-refractivity contribution is -0.128. The zero-order valence-electron chi connectivity index (χ0n) is 14.2. The fourth-order valence-corrected chi connectivity index (χ4v) is 3.09. The summed E-state index contributed by atoms with van der Waals surface area (Å²) in [4.78, 5) is 24.5. The normalized spacial score (nSPS) is 12.2. The number of carbonyl (C=O) groups excluding carboxylic acids is 2. The minimum Gasteiger partial charge on any atom is -0.486 e. The van der Waals surface area contributed by atoms with Gasteiger partial charge in [0.25, 0.3) is 5.91 Å². The molecule has 0 fully saturated rings. The summed E-state index contributed by atoms with van der Waals surface area (Å²) in [5, 5.41) is 0.408. The predicted molar refractivity (Wildman–Crippen MR) is 101 cm³/mol. The van der Waals surface area contributed by atoms with Crippen LogP contribution < -0.4 is 25.1 Å². The molecule has 0 aromatic heterocycles. The Kier molecular flexibility index (Phi) is 6.67. The fourth-order valence-electron chi connectivity index (χ4n) is 2.18. The van der Waals surface area contributed by atoms with Crippen molar-refractivity contribution in [3.63, 3.8) is 0 Å². The number of halogens is 1. The highest BCUT2D eigenvalue weighted by Gasteiger charge is 2.13. The molecule has 0 bridgehead atoms. The van der Waals surface area contributed by atoms with Gasteiger partial charge in [-0.1, -0.05) is 23.7 Å².